The number of nitrogens with two attached hydrogens (primary N) is 1. The zero-order chi connectivity index (χ0) is 15.1. The Morgan fingerprint density at radius 1 is 1.38 bits per heavy atom. The maximum Gasteiger partial charge on any atom is 0.243 e. The summed E-state index contributed by atoms with van der Waals surface area (Å²) in [6, 6.07) is -0.174. The third-order valence-electron chi connectivity index (χ3n) is 4.09. The summed E-state index contributed by atoms with van der Waals surface area (Å²) >= 11 is 1.77. The molecule has 1 aromatic rings. The standard InChI is InChI=1S/C15H27N3O2S/c1-3-19-13(11-7-5-4-6-8-11)14-17-15(20-18-14)12(16)9-10-21-2/h11-13H,3-10,16H2,1-2H3/t12-,13?/m1/s1. The predicted molar refractivity (Wildman–Crippen MR) is 85.2 cm³/mol. The van der Waals surface area contributed by atoms with Crippen molar-refractivity contribution in [3.8, 4) is 0 Å². The zero-order valence-electron chi connectivity index (χ0n) is 13.1. The summed E-state index contributed by atoms with van der Waals surface area (Å²) < 4.78 is 11.3. The van der Waals surface area contributed by atoms with Crippen LogP contribution in [0.4, 0.5) is 0 Å². The molecule has 21 heavy (non-hydrogen) atoms. The van der Waals surface area contributed by atoms with Gasteiger partial charge in [0.15, 0.2) is 0 Å². The quantitative estimate of drug-likeness (QED) is 0.792. The molecule has 0 amide bonds. The van der Waals surface area contributed by atoms with Crippen LogP contribution in [0.5, 0.6) is 0 Å². The fraction of sp³-hybridized carbons (Fsp3) is 0.867. The number of nitrogens with zero attached hydrogens (tertiary/aromatic N) is 2. The monoisotopic (exact) mass is 313 g/mol. The van der Waals surface area contributed by atoms with Crippen molar-refractivity contribution >= 4 is 11.8 Å². The molecular formula is C15H27N3O2S. The second-order valence-electron chi connectivity index (χ2n) is 5.65. The maximum atomic E-state index is 6.10. The molecule has 2 N–H and O–H groups in total. The second kappa shape index (κ2) is 8.76. The second-order valence-corrected chi connectivity index (χ2v) is 6.64. The van der Waals surface area contributed by atoms with E-state index in [4.69, 9.17) is 15.0 Å². The molecule has 0 aromatic carbocycles. The largest absolute Gasteiger partial charge is 0.370 e. The van der Waals surface area contributed by atoms with E-state index < -0.39 is 0 Å². The van der Waals surface area contributed by atoms with E-state index in [-0.39, 0.29) is 12.1 Å². The summed E-state index contributed by atoms with van der Waals surface area (Å²) in [5, 5.41) is 4.14. The van der Waals surface area contributed by atoms with Crippen molar-refractivity contribution in [2.45, 2.75) is 57.6 Å². The van der Waals surface area contributed by atoms with E-state index in [1.165, 1.54) is 32.1 Å². The topological polar surface area (TPSA) is 74.2 Å². The first-order valence-electron chi connectivity index (χ1n) is 7.95. The predicted octanol–water partition coefficient (Wildman–Crippen LogP) is 3.48. The van der Waals surface area contributed by atoms with Crippen molar-refractivity contribution in [2.24, 2.45) is 11.7 Å². The molecule has 2 atom stereocenters. The van der Waals surface area contributed by atoms with E-state index in [0.29, 0.717) is 24.2 Å². The van der Waals surface area contributed by atoms with E-state index >= 15 is 0 Å². The smallest absolute Gasteiger partial charge is 0.243 e. The van der Waals surface area contributed by atoms with Crippen molar-refractivity contribution in [1.29, 1.82) is 0 Å². The third kappa shape index (κ3) is 4.69. The van der Waals surface area contributed by atoms with Gasteiger partial charge in [0.2, 0.25) is 11.7 Å². The minimum Gasteiger partial charge on any atom is -0.370 e. The van der Waals surface area contributed by atoms with Gasteiger partial charge in [0, 0.05) is 6.61 Å². The van der Waals surface area contributed by atoms with Crippen LogP contribution in [-0.4, -0.2) is 28.8 Å². The summed E-state index contributed by atoms with van der Waals surface area (Å²) in [4.78, 5) is 4.52. The lowest BCUT2D eigenvalue weighted by Gasteiger charge is -2.27. The summed E-state index contributed by atoms with van der Waals surface area (Å²) in [5.74, 6) is 2.72. The van der Waals surface area contributed by atoms with E-state index in [9.17, 15) is 0 Å². The third-order valence-corrected chi connectivity index (χ3v) is 4.73. The lowest BCUT2D eigenvalue weighted by molar-refractivity contribution is -0.00145. The Morgan fingerprint density at radius 3 is 2.81 bits per heavy atom. The highest BCUT2D eigenvalue weighted by Crippen LogP contribution is 2.36. The maximum absolute atomic E-state index is 6.10. The molecule has 0 bridgehead atoms. The zero-order valence-corrected chi connectivity index (χ0v) is 13.9. The molecule has 1 heterocycles. The number of hydrogen-bond donors (Lipinski definition) is 1. The van der Waals surface area contributed by atoms with Crippen molar-refractivity contribution in [1.82, 2.24) is 10.1 Å². The molecule has 6 heteroatoms. The van der Waals surface area contributed by atoms with Gasteiger partial charge in [0.05, 0.1) is 6.04 Å². The van der Waals surface area contributed by atoms with Crippen molar-refractivity contribution < 1.29 is 9.26 Å². The van der Waals surface area contributed by atoms with Crippen LogP contribution in [0.15, 0.2) is 4.52 Å². The number of rotatable bonds is 8. The molecule has 1 aromatic heterocycles. The fourth-order valence-electron chi connectivity index (χ4n) is 2.92. The molecule has 1 saturated carbocycles. The Morgan fingerprint density at radius 2 is 2.14 bits per heavy atom. The average Bonchev–Trinajstić information content (AvgIpc) is 3.00. The Balaban J connectivity index is 2.04. The molecule has 0 aliphatic heterocycles. The summed E-state index contributed by atoms with van der Waals surface area (Å²) in [6.07, 6.45) is 9.12. The van der Waals surface area contributed by atoms with Gasteiger partial charge in [-0.2, -0.15) is 16.7 Å². The molecule has 1 unspecified atom stereocenters. The minimum atomic E-state index is -0.174. The number of hydrogen-bond acceptors (Lipinski definition) is 6. The Labute approximate surface area is 131 Å². The van der Waals surface area contributed by atoms with Crippen LogP contribution in [0, 0.1) is 5.92 Å². The summed E-state index contributed by atoms with van der Waals surface area (Å²) in [5.41, 5.74) is 6.10. The molecule has 5 nitrogen and oxygen atoms in total. The summed E-state index contributed by atoms with van der Waals surface area (Å²) in [6.45, 7) is 2.69. The number of ether oxygens (including phenoxy) is 1. The SMILES string of the molecule is CCOC(c1noc([C@H](N)CCSC)n1)C1CCCCC1. The Hall–Kier alpha value is -0.590. The fourth-order valence-corrected chi connectivity index (χ4v) is 3.41. The molecule has 1 fully saturated rings. The van der Waals surface area contributed by atoms with Gasteiger partial charge in [-0.15, -0.1) is 0 Å². The Bertz CT molecular complexity index is 407. The van der Waals surface area contributed by atoms with E-state index in [1.807, 2.05) is 6.92 Å². The van der Waals surface area contributed by atoms with Gasteiger partial charge < -0.3 is 15.0 Å². The van der Waals surface area contributed by atoms with Gasteiger partial charge >= 0.3 is 0 Å². The van der Waals surface area contributed by atoms with Crippen LogP contribution in [0.3, 0.4) is 0 Å². The van der Waals surface area contributed by atoms with Gasteiger partial charge in [0.25, 0.3) is 0 Å². The molecular weight excluding hydrogens is 286 g/mol. The van der Waals surface area contributed by atoms with Crippen molar-refractivity contribution in [3.05, 3.63) is 11.7 Å². The first-order chi connectivity index (χ1) is 10.3. The molecule has 2 rings (SSSR count). The first-order valence-corrected chi connectivity index (χ1v) is 9.35. The van der Waals surface area contributed by atoms with Crippen LogP contribution in [0.25, 0.3) is 0 Å². The van der Waals surface area contributed by atoms with Crippen LogP contribution in [0.2, 0.25) is 0 Å². The van der Waals surface area contributed by atoms with Gasteiger partial charge in [-0.1, -0.05) is 24.4 Å². The molecule has 0 radical (unpaired) electrons. The number of aromatic nitrogens is 2. The van der Waals surface area contributed by atoms with E-state index in [0.717, 1.165) is 12.2 Å². The van der Waals surface area contributed by atoms with Gasteiger partial charge in [-0.25, -0.2) is 0 Å². The molecule has 120 valence electrons. The molecule has 1 aliphatic carbocycles. The Kier molecular flexibility index (Phi) is 6.99. The highest BCUT2D eigenvalue weighted by molar-refractivity contribution is 7.98. The van der Waals surface area contributed by atoms with Gasteiger partial charge in [0.1, 0.15) is 6.10 Å². The van der Waals surface area contributed by atoms with Crippen LogP contribution >= 0.6 is 11.8 Å². The lowest BCUT2D eigenvalue weighted by atomic mass is 9.85. The van der Waals surface area contributed by atoms with Crippen LogP contribution < -0.4 is 5.73 Å². The molecule has 0 saturated heterocycles. The lowest BCUT2D eigenvalue weighted by Crippen LogP contribution is -2.20. The number of thioether (sulfide) groups is 1. The van der Waals surface area contributed by atoms with E-state index in [2.05, 4.69) is 16.4 Å². The molecule has 1 aliphatic rings. The highest BCUT2D eigenvalue weighted by atomic mass is 32.2. The van der Waals surface area contributed by atoms with Crippen molar-refractivity contribution in [3.63, 3.8) is 0 Å². The van der Waals surface area contributed by atoms with Gasteiger partial charge in [-0.05, 0) is 44.1 Å². The van der Waals surface area contributed by atoms with E-state index in [1.54, 1.807) is 11.8 Å². The van der Waals surface area contributed by atoms with Crippen molar-refractivity contribution in [2.75, 3.05) is 18.6 Å². The van der Waals surface area contributed by atoms with Gasteiger partial charge in [-0.3, -0.25) is 0 Å². The summed E-state index contributed by atoms with van der Waals surface area (Å²) in [7, 11) is 0. The van der Waals surface area contributed by atoms with Crippen LogP contribution in [-0.2, 0) is 4.74 Å². The first kappa shape index (κ1) is 16.8. The average molecular weight is 313 g/mol. The highest BCUT2D eigenvalue weighted by Gasteiger charge is 2.30. The minimum absolute atomic E-state index is 0.0412. The normalized spacial score (nSPS) is 19.6. The van der Waals surface area contributed by atoms with Crippen LogP contribution in [0.1, 0.15) is 69.3 Å². The molecule has 0 spiro atoms.